The van der Waals surface area contributed by atoms with Crippen molar-refractivity contribution in [2.75, 3.05) is 0 Å². The third kappa shape index (κ3) is 9.64. The summed E-state index contributed by atoms with van der Waals surface area (Å²) in [5, 5.41) is 10.4. The zero-order chi connectivity index (χ0) is 19.0. The van der Waals surface area contributed by atoms with E-state index in [1.165, 1.54) is 107 Å². The van der Waals surface area contributed by atoms with E-state index in [0.717, 1.165) is 12.8 Å². The van der Waals surface area contributed by atoms with Crippen molar-refractivity contribution in [1.29, 1.82) is 0 Å². The van der Waals surface area contributed by atoms with Gasteiger partial charge in [-0.2, -0.15) is 0 Å². The molecular formula is C25H44O. The molecule has 0 heterocycles. The van der Waals surface area contributed by atoms with Crippen LogP contribution in [0.4, 0.5) is 0 Å². The predicted octanol–water partition coefficient (Wildman–Crippen LogP) is 8.29. The quantitative estimate of drug-likeness (QED) is 0.294. The highest BCUT2D eigenvalue weighted by molar-refractivity contribution is 5.44. The lowest BCUT2D eigenvalue weighted by atomic mass is 9.92. The van der Waals surface area contributed by atoms with Crippen LogP contribution in [0.5, 0.6) is 5.75 Å². The molecule has 0 aliphatic rings. The van der Waals surface area contributed by atoms with Crippen molar-refractivity contribution in [1.82, 2.24) is 0 Å². The molecule has 150 valence electrons. The van der Waals surface area contributed by atoms with E-state index in [-0.39, 0.29) is 0 Å². The molecule has 1 rings (SSSR count). The summed E-state index contributed by atoms with van der Waals surface area (Å²) in [6.45, 7) is 6.76. The Hall–Kier alpha value is -0.980. The van der Waals surface area contributed by atoms with Gasteiger partial charge in [-0.25, -0.2) is 0 Å². The van der Waals surface area contributed by atoms with E-state index in [9.17, 15) is 5.11 Å². The molecule has 0 unspecified atom stereocenters. The molecule has 1 heteroatoms. The second-order valence-corrected chi connectivity index (χ2v) is 8.10. The molecule has 0 aromatic heterocycles. The van der Waals surface area contributed by atoms with Crippen molar-refractivity contribution in [2.24, 2.45) is 0 Å². The lowest BCUT2D eigenvalue weighted by Gasteiger charge is -2.15. The highest BCUT2D eigenvalue weighted by Gasteiger charge is 2.10. The van der Waals surface area contributed by atoms with Gasteiger partial charge >= 0.3 is 0 Å². The van der Waals surface area contributed by atoms with Crippen LogP contribution in [0.3, 0.4) is 0 Å². The number of hydrogen-bond donors (Lipinski definition) is 1. The highest BCUT2D eigenvalue weighted by atomic mass is 16.3. The van der Waals surface area contributed by atoms with E-state index in [1.54, 1.807) is 0 Å². The Labute approximate surface area is 163 Å². The van der Waals surface area contributed by atoms with E-state index < -0.39 is 0 Å². The maximum absolute atomic E-state index is 10.4. The number of phenolic OH excluding ortho intramolecular Hbond substituents is 1. The van der Waals surface area contributed by atoms with Crippen molar-refractivity contribution in [3.05, 3.63) is 28.8 Å². The summed E-state index contributed by atoms with van der Waals surface area (Å²) in [6, 6.07) is 4.00. The Morgan fingerprint density at radius 1 is 0.577 bits per heavy atom. The molecule has 1 nitrogen and oxygen atoms in total. The van der Waals surface area contributed by atoms with Crippen LogP contribution in [-0.2, 0) is 12.8 Å². The summed E-state index contributed by atoms with van der Waals surface area (Å²) >= 11 is 0. The minimum Gasteiger partial charge on any atom is -0.508 e. The first-order valence-corrected chi connectivity index (χ1v) is 11.5. The number of unbranched alkanes of at least 4 members (excludes halogenated alkanes) is 12. The maximum atomic E-state index is 10.4. The molecule has 0 fully saturated rings. The SMILES string of the molecule is CCCCCCCCCc1c(C)ccc(O)c1CCCCCCCCC. The van der Waals surface area contributed by atoms with Crippen molar-refractivity contribution in [3.8, 4) is 5.75 Å². The number of aromatic hydroxyl groups is 1. The van der Waals surface area contributed by atoms with Gasteiger partial charge in [0, 0.05) is 0 Å². The number of rotatable bonds is 16. The first-order valence-electron chi connectivity index (χ1n) is 11.5. The summed E-state index contributed by atoms with van der Waals surface area (Å²) < 4.78 is 0. The van der Waals surface area contributed by atoms with Crippen LogP contribution in [0.25, 0.3) is 0 Å². The molecule has 26 heavy (non-hydrogen) atoms. The van der Waals surface area contributed by atoms with Gasteiger partial charge in [0.1, 0.15) is 5.75 Å². The fraction of sp³-hybridized carbons (Fsp3) is 0.760. The van der Waals surface area contributed by atoms with Crippen LogP contribution in [-0.4, -0.2) is 5.11 Å². The van der Waals surface area contributed by atoms with Crippen molar-refractivity contribution in [2.45, 2.75) is 124 Å². The van der Waals surface area contributed by atoms with Gasteiger partial charge in [-0.3, -0.25) is 0 Å². The molecule has 0 bridgehead atoms. The van der Waals surface area contributed by atoms with Crippen LogP contribution in [0.1, 0.15) is 120 Å². The fourth-order valence-corrected chi connectivity index (χ4v) is 3.94. The number of aryl methyl sites for hydroxylation is 1. The molecule has 0 spiro atoms. The van der Waals surface area contributed by atoms with Crippen LogP contribution < -0.4 is 0 Å². The van der Waals surface area contributed by atoms with Gasteiger partial charge in [0.05, 0.1) is 0 Å². The zero-order valence-corrected chi connectivity index (χ0v) is 17.9. The van der Waals surface area contributed by atoms with Gasteiger partial charge in [-0.1, -0.05) is 97.0 Å². The molecule has 1 aromatic carbocycles. The van der Waals surface area contributed by atoms with Gasteiger partial charge in [0.15, 0.2) is 0 Å². The highest BCUT2D eigenvalue weighted by Crippen LogP contribution is 2.28. The van der Waals surface area contributed by atoms with Crippen LogP contribution in [0.2, 0.25) is 0 Å². The van der Waals surface area contributed by atoms with Gasteiger partial charge < -0.3 is 5.11 Å². The summed E-state index contributed by atoms with van der Waals surface area (Å²) in [7, 11) is 0. The molecule has 1 N–H and O–H groups in total. The topological polar surface area (TPSA) is 20.2 Å². The average molecular weight is 361 g/mol. The van der Waals surface area contributed by atoms with Crippen molar-refractivity contribution >= 4 is 0 Å². The molecule has 0 aliphatic heterocycles. The molecule has 0 aliphatic carbocycles. The van der Waals surface area contributed by atoms with Gasteiger partial charge in [-0.15, -0.1) is 0 Å². The summed E-state index contributed by atoms with van der Waals surface area (Å²) in [5.74, 6) is 0.527. The van der Waals surface area contributed by atoms with Gasteiger partial charge in [0.2, 0.25) is 0 Å². The van der Waals surface area contributed by atoms with Crippen LogP contribution >= 0.6 is 0 Å². The Kier molecular flexibility index (Phi) is 13.4. The Morgan fingerprint density at radius 2 is 1.00 bits per heavy atom. The minimum absolute atomic E-state index is 0.527. The first kappa shape index (κ1) is 23.1. The molecular weight excluding hydrogens is 316 g/mol. The van der Waals surface area contributed by atoms with E-state index >= 15 is 0 Å². The zero-order valence-electron chi connectivity index (χ0n) is 17.9. The predicted molar refractivity (Wildman–Crippen MR) is 116 cm³/mol. The smallest absolute Gasteiger partial charge is 0.119 e. The second-order valence-electron chi connectivity index (χ2n) is 8.10. The molecule has 0 saturated carbocycles. The Balaban J connectivity index is 2.38. The summed E-state index contributed by atoms with van der Waals surface area (Å²) in [6.07, 6.45) is 20.9. The Bertz CT molecular complexity index is 420. The van der Waals surface area contributed by atoms with E-state index in [1.807, 2.05) is 6.07 Å². The lowest BCUT2D eigenvalue weighted by molar-refractivity contribution is 0.463. The normalized spacial score (nSPS) is 11.2. The van der Waals surface area contributed by atoms with Crippen LogP contribution in [0, 0.1) is 6.92 Å². The number of phenols is 1. The minimum atomic E-state index is 0.527. The van der Waals surface area contributed by atoms with Crippen LogP contribution in [0.15, 0.2) is 12.1 Å². The monoisotopic (exact) mass is 360 g/mol. The van der Waals surface area contributed by atoms with Crippen molar-refractivity contribution in [3.63, 3.8) is 0 Å². The van der Waals surface area contributed by atoms with Crippen molar-refractivity contribution < 1.29 is 5.11 Å². The second kappa shape index (κ2) is 15.1. The fourth-order valence-electron chi connectivity index (χ4n) is 3.94. The number of hydrogen-bond acceptors (Lipinski definition) is 1. The lowest BCUT2D eigenvalue weighted by Crippen LogP contribution is -1.99. The van der Waals surface area contributed by atoms with Gasteiger partial charge in [0.25, 0.3) is 0 Å². The third-order valence-corrected chi connectivity index (χ3v) is 5.70. The van der Waals surface area contributed by atoms with Gasteiger partial charge in [-0.05, 0) is 55.4 Å². The van der Waals surface area contributed by atoms with E-state index in [4.69, 9.17) is 0 Å². The molecule has 0 atom stereocenters. The number of benzene rings is 1. The molecule has 0 amide bonds. The molecule has 0 radical (unpaired) electrons. The van der Waals surface area contributed by atoms with E-state index in [0.29, 0.717) is 5.75 Å². The van der Waals surface area contributed by atoms with E-state index in [2.05, 4.69) is 26.8 Å². The molecule has 0 saturated heterocycles. The maximum Gasteiger partial charge on any atom is 0.119 e. The third-order valence-electron chi connectivity index (χ3n) is 5.70. The standard InChI is InChI=1S/C25H44O/c1-4-6-8-10-12-14-16-18-23-22(3)20-21-25(26)24(23)19-17-15-13-11-9-7-5-2/h20-21,26H,4-19H2,1-3H3. The summed E-state index contributed by atoms with van der Waals surface area (Å²) in [5.41, 5.74) is 4.04. The summed E-state index contributed by atoms with van der Waals surface area (Å²) in [4.78, 5) is 0. The Morgan fingerprint density at radius 3 is 1.50 bits per heavy atom. The first-order chi connectivity index (χ1) is 12.7. The molecule has 1 aromatic rings. The average Bonchev–Trinajstić information content (AvgIpc) is 2.64. The largest absolute Gasteiger partial charge is 0.508 e.